The first-order chi connectivity index (χ1) is 14.6. The van der Waals surface area contributed by atoms with Gasteiger partial charge in [-0.3, -0.25) is 10.1 Å². The number of nitro groups is 1. The van der Waals surface area contributed by atoms with Crippen LogP contribution >= 0.6 is 0 Å². The molecule has 4 rings (SSSR count). The Balaban J connectivity index is 1.71. The number of nitrogens with zero attached hydrogens (tertiary/aromatic N) is 2. The number of nitrogens with one attached hydrogen (secondary N) is 2. The molecule has 4 aromatic rings. The van der Waals surface area contributed by atoms with Crippen molar-refractivity contribution in [3.8, 4) is 11.1 Å². The summed E-state index contributed by atoms with van der Waals surface area (Å²) < 4.78 is 5.88. The molecule has 2 N–H and O–H groups in total. The van der Waals surface area contributed by atoms with Crippen molar-refractivity contribution in [3.63, 3.8) is 0 Å². The number of fused-ring (bicyclic) bond motifs is 1. The Morgan fingerprint density at radius 3 is 2.37 bits per heavy atom. The number of anilines is 1. The van der Waals surface area contributed by atoms with E-state index in [1.165, 1.54) is 12.1 Å². The van der Waals surface area contributed by atoms with Crippen molar-refractivity contribution in [2.45, 2.75) is 0 Å². The van der Waals surface area contributed by atoms with E-state index in [2.05, 4.69) is 15.8 Å². The van der Waals surface area contributed by atoms with Crippen molar-refractivity contribution < 1.29 is 14.1 Å². The fraction of sp³-hybridized carbons (Fsp3) is 0. The van der Waals surface area contributed by atoms with Crippen LogP contribution in [0.15, 0.2) is 94.4 Å². The Bertz CT molecular complexity index is 1280. The van der Waals surface area contributed by atoms with Crippen molar-refractivity contribution >= 4 is 28.4 Å². The molecule has 8 heteroatoms. The Hall–Kier alpha value is -4.46. The summed E-state index contributed by atoms with van der Waals surface area (Å²) in [5.41, 5.74) is 5.04. The van der Waals surface area contributed by atoms with Gasteiger partial charge in [0.2, 0.25) is 5.55 Å². The monoisotopic (exact) mass is 400 g/mol. The van der Waals surface area contributed by atoms with Crippen LogP contribution in [-0.4, -0.2) is 11.0 Å². The molecule has 0 aliphatic heterocycles. The van der Waals surface area contributed by atoms with E-state index < -0.39 is 11.0 Å². The lowest BCUT2D eigenvalue weighted by molar-refractivity contribution is -0.384. The summed E-state index contributed by atoms with van der Waals surface area (Å²) in [6, 6.07) is 23.7. The Morgan fingerprint density at radius 1 is 0.933 bits per heavy atom. The number of benzene rings is 3. The van der Waals surface area contributed by atoms with Crippen molar-refractivity contribution in [1.82, 2.24) is 5.43 Å². The average Bonchev–Trinajstić information content (AvgIpc) is 2.78. The summed E-state index contributed by atoms with van der Waals surface area (Å²) in [4.78, 5) is 22.7. The fourth-order valence-corrected chi connectivity index (χ4v) is 2.90. The maximum absolute atomic E-state index is 12.2. The van der Waals surface area contributed by atoms with Gasteiger partial charge in [-0.1, -0.05) is 36.4 Å². The first kappa shape index (κ1) is 18.9. The molecule has 3 aromatic carbocycles. The normalized spacial score (nSPS) is 11.3. The summed E-state index contributed by atoms with van der Waals surface area (Å²) in [5.74, 6) is 0. The second-order valence-electron chi connectivity index (χ2n) is 6.35. The number of rotatable bonds is 4. The molecule has 0 radical (unpaired) electrons. The highest BCUT2D eigenvalue weighted by atomic mass is 16.6. The molecule has 0 fully saturated rings. The van der Waals surface area contributed by atoms with Crippen molar-refractivity contribution in [1.29, 1.82) is 0 Å². The summed E-state index contributed by atoms with van der Waals surface area (Å²) in [7, 11) is 0. The van der Waals surface area contributed by atoms with Gasteiger partial charge in [-0.05, 0) is 42.0 Å². The van der Waals surface area contributed by atoms with Crippen LogP contribution in [0.5, 0.6) is 0 Å². The van der Waals surface area contributed by atoms with E-state index in [4.69, 9.17) is 4.42 Å². The van der Waals surface area contributed by atoms with Crippen LogP contribution in [-0.2, 0) is 0 Å². The summed E-state index contributed by atoms with van der Waals surface area (Å²) in [6.07, 6.45) is 0. The third kappa shape index (κ3) is 4.17. The number of carbonyl (C=O) groups is 1. The van der Waals surface area contributed by atoms with Gasteiger partial charge < -0.3 is 9.73 Å². The van der Waals surface area contributed by atoms with E-state index in [9.17, 15) is 14.9 Å². The molecule has 0 spiro atoms. The minimum atomic E-state index is -0.529. The number of para-hydroxylation sites is 2. The minimum absolute atomic E-state index is 0.0182. The molecule has 0 saturated carbocycles. The smallest absolute Gasteiger partial charge is 0.339 e. The number of carbonyl (C=O) groups excluding carboxylic acids is 1. The molecule has 30 heavy (non-hydrogen) atoms. The zero-order valence-electron chi connectivity index (χ0n) is 15.6. The van der Waals surface area contributed by atoms with Gasteiger partial charge in [0.05, 0.1) is 4.92 Å². The third-order valence-electron chi connectivity index (χ3n) is 4.34. The maximum Gasteiger partial charge on any atom is 0.339 e. The highest BCUT2D eigenvalue weighted by Gasteiger charge is 2.10. The number of hydrogen-bond acceptors (Lipinski definition) is 5. The van der Waals surface area contributed by atoms with E-state index in [0.717, 1.165) is 5.39 Å². The lowest BCUT2D eigenvalue weighted by atomic mass is 10.1. The van der Waals surface area contributed by atoms with E-state index in [-0.39, 0.29) is 11.2 Å². The SMILES string of the molecule is O=C(N/N=c1/oc2ccccc2cc1-c1ccc([N+](=O)[O-])cc1)Nc1ccccc1. The number of non-ortho nitro benzene ring substituents is 1. The molecule has 0 atom stereocenters. The van der Waals surface area contributed by atoms with Crippen LogP contribution in [0.1, 0.15) is 0 Å². The first-order valence-electron chi connectivity index (χ1n) is 9.04. The highest BCUT2D eigenvalue weighted by molar-refractivity contribution is 5.89. The molecular weight excluding hydrogens is 384 g/mol. The van der Waals surface area contributed by atoms with Gasteiger partial charge in [0, 0.05) is 28.8 Å². The predicted molar refractivity (Wildman–Crippen MR) is 112 cm³/mol. The Labute approximate surface area is 170 Å². The van der Waals surface area contributed by atoms with Crippen LogP contribution in [0.25, 0.3) is 22.1 Å². The van der Waals surface area contributed by atoms with Crippen LogP contribution in [0.4, 0.5) is 16.2 Å². The van der Waals surface area contributed by atoms with Gasteiger partial charge in [0.15, 0.2) is 0 Å². The molecule has 0 aliphatic rings. The number of hydrogen-bond donors (Lipinski definition) is 2. The predicted octanol–water partition coefficient (Wildman–Crippen LogP) is 4.65. The van der Waals surface area contributed by atoms with Gasteiger partial charge in [-0.25, -0.2) is 10.2 Å². The molecular formula is C22H16N4O4. The number of urea groups is 1. The van der Waals surface area contributed by atoms with Crippen molar-refractivity contribution in [2.75, 3.05) is 5.32 Å². The topological polar surface area (TPSA) is 110 Å². The van der Waals surface area contributed by atoms with E-state index >= 15 is 0 Å². The van der Waals surface area contributed by atoms with Gasteiger partial charge in [-0.2, -0.15) is 0 Å². The molecule has 0 bridgehead atoms. The summed E-state index contributed by atoms with van der Waals surface area (Å²) in [6.45, 7) is 0. The van der Waals surface area contributed by atoms with Crippen LogP contribution < -0.4 is 16.3 Å². The summed E-state index contributed by atoms with van der Waals surface area (Å²) >= 11 is 0. The van der Waals surface area contributed by atoms with Gasteiger partial charge in [-0.15, -0.1) is 5.10 Å². The average molecular weight is 400 g/mol. The van der Waals surface area contributed by atoms with Crippen molar-refractivity contribution in [2.24, 2.45) is 5.10 Å². The maximum atomic E-state index is 12.2. The highest BCUT2D eigenvalue weighted by Crippen LogP contribution is 2.23. The third-order valence-corrected chi connectivity index (χ3v) is 4.34. The van der Waals surface area contributed by atoms with Gasteiger partial charge in [0.1, 0.15) is 5.58 Å². The Morgan fingerprint density at radius 2 is 1.63 bits per heavy atom. The molecule has 0 aliphatic carbocycles. The standard InChI is InChI=1S/C22H16N4O4/c27-22(23-17-7-2-1-3-8-17)25-24-21-19(14-16-6-4-5-9-20(16)30-21)15-10-12-18(13-11-15)26(28)29/h1-14H,(H2,23,25,27)/b24-21+. The quantitative estimate of drug-likeness (QED) is 0.384. The van der Waals surface area contributed by atoms with Gasteiger partial charge >= 0.3 is 6.03 Å². The Kier molecular flexibility index (Phi) is 5.21. The van der Waals surface area contributed by atoms with Crippen LogP contribution in [0.3, 0.4) is 0 Å². The number of amides is 2. The zero-order chi connectivity index (χ0) is 20.9. The minimum Gasteiger partial charge on any atom is -0.436 e. The van der Waals surface area contributed by atoms with Crippen molar-refractivity contribution in [3.05, 3.63) is 101 Å². The molecule has 0 saturated heterocycles. The van der Waals surface area contributed by atoms with Crippen LogP contribution in [0, 0.1) is 10.1 Å². The lowest BCUT2D eigenvalue weighted by Crippen LogP contribution is -2.26. The van der Waals surface area contributed by atoms with E-state index in [1.54, 1.807) is 42.5 Å². The van der Waals surface area contributed by atoms with E-state index in [1.807, 2.05) is 30.3 Å². The first-order valence-corrected chi connectivity index (χ1v) is 9.04. The second-order valence-corrected chi connectivity index (χ2v) is 6.35. The summed E-state index contributed by atoms with van der Waals surface area (Å²) in [5, 5.41) is 18.6. The lowest BCUT2D eigenvalue weighted by Gasteiger charge is -2.06. The molecule has 2 amide bonds. The van der Waals surface area contributed by atoms with E-state index in [0.29, 0.717) is 22.4 Å². The molecule has 1 heterocycles. The second kappa shape index (κ2) is 8.27. The largest absolute Gasteiger partial charge is 0.436 e. The molecule has 148 valence electrons. The van der Waals surface area contributed by atoms with Gasteiger partial charge in [0.25, 0.3) is 5.69 Å². The van der Waals surface area contributed by atoms with Crippen LogP contribution in [0.2, 0.25) is 0 Å². The molecule has 1 aromatic heterocycles. The molecule has 0 unspecified atom stereocenters. The fourth-order valence-electron chi connectivity index (χ4n) is 2.90. The number of nitro benzene ring substituents is 1. The zero-order valence-corrected chi connectivity index (χ0v) is 15.6. The molecule has 8 nitrogen and oxygen atoms in total.